The number of piperidine rings is 1. The van der Waals surface area contributed by atoms with E-state index in [0.717, 1.165) is 49.4 Å². The Hall–Kier alpha value is -2.36. The van der Waals surface area contributed by atoms with Gasteiger partial charge < -0.3 is 20.4 Å². The lowest BCUT2D eigenvalue weighted by atomic mass is 10.0. The van der Waals surface area contributed by atoms with E-state index < -0.39 is 0 Å². The van der Waals surface area contributed by atoms with E-state index in [4.69, 9.17) is 0 Å². The summed E-state index contributed by atoms with van der Waals surface area (Å²) in [6, 6.07) is 13.2. The molecule has 6 nitrogen and oxygen atoms in total. The number of rotatable bonds is 6. The number of carbonyl (C=O) groups excluding carboxylic acids is 1. The van der Waals surface area contributed by atoms with Gasteiger partial charge in [-0.1, -0.05) is 18.2 Å². The molecule has 0 saturated carbocycles. The summed E-state index contributed by atoms with van der Waals surface area (Å²) >= 11 is 0. The summed E-state index contributed by atoms with van der Waals surface area (Å²) in [4.78, 5) is 20.2. The number of halogens is 2. The zero-order valence-corrected chi connectivity index (χ0v) is 22.2. The predicted molar refractivity (Wildman–Crippen MR) is 144 cm³/mol. The summed E-state index contributed by atoms with van der Waals surface area (Å²) in [5.74, 6) is 0.569. The van der Waals surface area contributed by atoms with Gasteiger partial charge in [-0.3, -0.25) is 9.79 Å². The molecular weight excluding hydrogens is 532 g/mol. The van der Waals surface area contributed by atoms with Gasteiger partial charge in [0.15, 0.2) is 5.96 Å². The van der Waals surface area contributed by atoms with Crippen LogP contribution in [0.3, 0.4) is 0 Å². The third-order valence-electron chi connectivity index (χ3n) is 5.71. The number of hydrogen-bond acceptors (Lipinski definition) is 3. The highest BCUT2D eigenvalue weighted by Crippen LogP contribution is 2.24. The molecule has 2 aromatic carbocycles. The fraction of sp³-hybridized carbons (Fsp3) is 0.440. The highest BCUT2D eigenvalue weighted by atomic mass is 127. The molecule has 0 radical (unpaired) electrons. The van der Waals surface area contributed by atoms with Crippen LogP contribution < -0.4 is 15.5 Å². The Bertz CT molecular complexity index is 966. The molecule has 2 N–H and O–H groups in total. The molecule has 1 atom stereocenters. The first-order valence-corrected chi connectivity index (χ1v) is 11.2. The molecule has 1 unspecified atom stereocenters. The van der Waals surface area contributed by atoms with Crippen LogP contribution in [0.2, 0.25) is 0 Å². The molecule has 0 spiro atoms. The van der Waals surface area contributed by atoms with Crippen LogP contribution in [0.1, 0.15) is 34.3 Å². The minimum atomic E-state index is -0.172. The topological polar surface area (TPSA) is 60.0 Å². The minimum absolute atomic E-state index is 0. The molecule has 1 heterocycles. The Kier molecular flexibility index (Phi) is 10.4. The van der Waals surface area contributed by atoms with Gasteiger partial charge in [-0.05, 0) is 61.6 Å². The number of guanidine groups is 1. The fourth-order valence-corrected chi connectivity index (χ4v) is 4.01. The van der Waals surface area contributed by atoms with E-state index in [1.54, 1.807) is 38.2 Å². The van der Waals surface area contributed by atoms with Crippen LogP contribution in [-0.2, 0) is 6.42 Å². The van der Waals surface area contributed by atoms with Crippen molar-refractivity contribution < 1.29 is 9.18 Å². The zero-order valence-electron chi connectivity index (χ0n) is 19.9. The van der Waals surface area contributed by atoms with Crippen LogP contribution >= 0.6 is 24.0 Å². The standard InChI is InChI=1S/C25H34FN5O.HI/c1-18-10-11-22(26)23(15-18)31-14-6-9-21(17-31)29-25(27-2)28-13-12-19-7-5-8-20(16-19)24(32)30(3)4;/h5,7-8,10-11,15-16,21H,6,9,12-14,17H2,1-4H3,(H2,27,28,29);1H. The summed E-state index contributed by atoms with van der Waals surface area (Å²) < 4.78 is 14.3. The summed E-state index contributed by atoms with van der Waals surface area (Å²) in [7, 11) is 5.27. The van der Waals surface area contributed by atoms with E-state index in [9.17, 15) is 9.18 Å². The lowest BCUT2D eigenvalue weighted by Crippen LogP contribution is -2.51. The normalized spacial score (nSPS) is 16.1. The van der Waals surface area contributed by atoms with Crippen LogP contribution in [0, 0.1) is 12.7 Å². The molecule has 1 aliphatic rings. The second-order valence-corrected chi connectivity index (χ2v) is 8.53. The van der Waals surface area contributed by atoms with Gasteiger partial charge in [-0.15, -0.1) is 24.0 Å². The van der Waals surface area contributed by atoms with Crippen molar-refractivity contribution >= 4 is 41.5 Å². The molecule has 8 heteroatoms. The smallest absolute Gasteiger partial charge is 0.253 e. The van der Waals surface area contributed by atoms with Gasteiger partial charge in [0.25, 0.3) is 5.91 Å². The maximum atomic E-state index is 14.3. The fourth-order valence-electron chi connectivity index (χ4n) is 4.01. The van der Waals surface area contributed by atoms with Gasteiger partial charge in [0.05, 0.1) is 5.69 Å². The number of carbonyl (C=O) groups is 1. The molecule has 0 aliphatic carbocycles. The molecule has 1 fully saturated rings. The minimum Gasteiger partial charge on any atom is -0.367 e. The van der Waals surface area contributed by atoms with Crippen LogP contribution in [0.25, 0.3) is 0 Å². The molecule has 2 aromatic rings. The number of benzene rings is 2. The summed E-state index contributed by atoms with van der Waals surface area (Å²) in [6.07, 6.45) is 2.79. The Morgan fingerprint density at radius 2 is 2.03 bits per heavy atom. The Labute approximate surface area is 213 Å². The average Bonchev–Trinajstić information content (AvgIpc) is 2.79. The van der Waals surface area contributed by atoms with E-state index in [0.29, 0.717) is 17.8 Å². The van der Waals surface area contributed by atoms with Crippen LogP contribution in [0.4, 0.5) is 10.1 Å². The monoisotopic (exact) mass is 567 g/mol. The van der Waals surface area contributed by atoms with E-state index >= 15 is 0 Å². The van der Waals surface area contributed by atoms with E-state index in [2.05, 4.69) is 20.5 Å². The first-order chi connectivity index (χ1) is 15.4. The van der Waals surface area contributed by atoms with E-state index in [1.165, 1.54) is 0 Å². The Morgan fingerprint density at radius 1 is 1.24 bits per heavy atom. The van der Waals surface area contributed by atoms with Gasteiger partial charge in [-0.2, -0.15) is 0 Å². The first-order valence-electron chi connectivity index (χ1n) is 11.2. The second kappa shape index (κ2) is 12.8. The van der Waals surface area contributed by atoms with Crippen LogP contribution in [-0.4, -0.2) is 63.6 Å². The van der Waals surface area contributed by atoms with Gasteiger partial charge >= 0.3 is 0 Å². The lowest BCUT2D eigenvalue weighted by molar-refractivity contribution is 0.0827. The van der Waals surface area contributed by atoms with E-state index in [1.807, 2.05) is 37.3 Å². The molecule has 0 aromatic heterocycles. The summed E-state index contributed by atoms with van der Waals surface area (Å²) in [6.45, 7) is 4.27. The summed E-state index contributed by atoms with van der Waals surface area (Å²) in [5, 5.41) is 6.85. The predicted octanol–water partition coefficient (Wildman–Crippen LogP) is 3.83. The van der Waals surface area contributed by atoms with Crippen LogP contribution in [0.15, 0.2) is 47.5 Å². The number of nitrogens with one attached hydrogen (secondary N) is 2. The Balaban J connectivity index is 0.00000385. The molecule has 1 saturated heterocycles. The number of nitrogens with zero attached hydrogens (tertiary/aromatic N) is 3. The number of amides is 1. The molecule has 180 valence electrons. The van der Waals surface area contributed by atoms with Crippen molar-refractivity contribution in [1.82, 2.24) is 15.5 Å². The number of aliphatic imine (C=N–C) groups is 1. The Morgan fingerprint density at radius 3 is 2.76 bits per heavy atom. The average molecular weight is 567 g/mol. The van der Waals surface area contributed by atoms with Crippen molar-refractivity contribution in [2.45, 2.75) is 32.2 Å². The molecular formula is C25H35FIN5O. The molecule has 1 amide bonds. The van der Waals surface area contributed by atoms with Crippen molar-refractivity contribution in [3.8, 4) is 0 Å². The highest BCUT2D eigenvalue weighted by Gasteiger charge is 2.23. The highest BCUT2D eigenvalue weighted by molar-refractivity contribution is 14.0. The second-order valence-electron chi connectivity index (χ2n) is 8.53. The molecule has 1 aliphatic heterocycles. The number of hydrogen-bond donors (Lipinski definition) is 2. The van der Waals surface area contributed by atoms with Crippen LogP contribution in [0.5, 0.6) is 0 Å². The molecule has 33 heavy (non-hydrogen) atoms. The zero-order chi connectivity index (χ0) is 23.1. The van der Waals surface area contributed by atoms with Gasteiger partial charge in [-0.25, -0.2) is 4.39 Å². The quantitative estimate of drug-likeness (QED) is 0.317. The number of anilines is 1. The van der Waals surface area contributed by atoms with Crippen molar-refractivity contribution in [1.29, 1.82) is 0 Å². The maximum absolute atomic E-state index is 14.3. The molecule has 0 bridgehead atoms. The van der Waals surface area contributed by atoms with Crippen molar-refractivity contribution in [2.24, 2.45) is 4.99 Å². The third-order valence-corrected chi connectivity index (χ3v) is 5.71. The first kappa shape index (κ1) is 26.9. The largest absolute Gasteiger partial charge is 0.367 e. The van der Waals surface area contributed by atoms with Crippen molar-refractivity contribution in [2.75, 3.05) is 45.7 Å². The number of aryl methyl sites for hydroxylation is 1. The SMILES string of the molecule is CN=C(NCCc1cccc(C(=O)N(C)C)c1)NC1CCCN(c2cc(C)ccc2F)C1.I. The van der Waals surface area contributed by atoms with Crippen molar-refractivity contribution in [3.63, 3.8) is 0 Å². The maximum Gasteiger partial charge on any atom is 0.253 e. The molecule has 3 rings (SSSR count). The lowest BCUT2D eigenvalue weighted by Gasteiger charge is -2.35. The van der Waals surface area contributed by atoms with Crippen molar-refractivity contribution in [3.05, 3.63) is 65.0 Å². The van der Waals surface area contributed by atoms with Gasteiger partial charge in [0.2, 0.25) is 0 Å². The summed E-state index contributed by atoms with van der Waals surface area (Å²) in [5.41, 5.74) is 3.53. The van der Waals surface area contributed by atoms with Gasteiger partial charge in [0.1, 0.15) is 5.82 Å². The van der Waals surface area contributed by atoms with Gasteiger partial charge in [0, 0.05) is 52.4 Å². The van der Waals surface area contributed by atoms with E-state index in [-0.39, 0.29) is 41.7 Å². The third kappa shape index (κ3) is 7.58.